The lowest BCUT2D eigenvalue weighted by Crippen LogP contribution is -2.64. The van der Waals surface area contributed by atoms with E-state index in [1.165, 1.54) is 6.26 Å². The summed E-state index contributed by atoms with van der Waals surface area (Å²) >= 11 is 0. The van der Waals surface area contributed by atoms with Gasteiger partial charge in [0.15, 0.2) is 9.84 Å². The summed E-state index contributed by atoms with van der Waals surface area (Å²) < 4.78 is 22.4. The first kappa shape index (κ1) is 14.5. The van der Waals surface area contributed by atoms with Crippen molar-refractivity contribution in [2.24, 2.45) is 5.92 Å². The van der Waals surface area contributed by atoms with Gasteiger partial charge in [-0.1, -0.05) is 12.1 Å². The zero-order valence-corrected chi connectivity index (χ0v) is 12.8. The van der Waals surface area contributed by atoms with Gasteiger partial charge in [0.05, 0.1) is 18.8 Å². The van der Waals surface area contributed by atoms with Crippen molar-refractivity contribution in [3.63, 3.8) is 0 Å². The molecule has 0 radical (unpaired) electrons. The highest BCUT2D eigenvalue weighted by atomic mass is 32.2. The molecule has 1 aromatic carbocycles. The Hall–Kier alpha value is -1.40. The molecule has 0 spiro atoms. The van der Waals surface area contributed by atoms with Gasteiger partial charge < -0.3 is 10.0 Å². The summed E-state index contributed by atoms with van der Waals surface area (Å²) in [5, 5.41) is 10.2. The Morgan fingerprint density at radius 3 is 2.33 bits per heavy atom. The topological polar surface area (TPSA) is 74.7 Å². The van der Waals surface area contributed by atoms with Crippen molar-refractivity contribution in [1.82, 2.24) is 4.90 Å². The maximum absolute atomic E-state index is 12.3. The van der Waals surface area contributed by atoms with Crippen LogP contribution in [0.5, 0.6) is 0 Å². The largest absolute Gasteiger partial charge is 0.386 e. The van der Waals surface area contributed by atoms with Crippen LogP contribution in [-0.2, 0) is 15.6 Å². The highest BCUT2D eigenvalue weighted by Gasteiger charge is 2.53. The van der Waals surface area contributed by atoms with E-state index in [1.807, 2.05) is 0 Å². The molecule has 0 bridgehead atoms. The van der Waals surface area contributed by atoms with Gasteiger partial charge in [0.2, 0.25) is 0 Å². The van der Waals surface area contributed by atoms with Crippen LogP contribution in [0.2, 0.25) is 0 Å². The summed E-state index contributed by atoms with van der Waals surface area (Å²) in [4.78, 5) is 13.9. The first-order valence-electron chi connectivity index (χ1n) is 7.05. The maximum atomic E-state index is 12.3. The Kier molecular flexibility index (Phi) is 3.33. The fourth-order valence-corrected chi connectivity index (χ4v) is 3.66. The van der Waals surface area contributed by atoms with Gasteiger partial charge in [0, 0.05) is 11.8 Å². The van der Waals surface area contributed by atoms with Gasteiger partial charge in [-0.05, 0) is 36.5 Å². The van der Waals surface area contributed by atoms with E-state index in [9.17, 15) is 18.3 Å². The molecule has 0 aromatic heterocycles. The summed E-state index contributed by atoms with van der Waals surface area (Å²) in [7, 11) is -3.07. The van der Waals surface area contributed by atoms with Gasteiger partial charge in [-0.3, -0.25) is 4.79 Å². The van der Waals surface area contributed by atoms with Crippen LogP contribution in [0.15, 0.2) is 24.3 Å². The van der Waals surface area contributed by atoms with Gasteiger partial charge in [-0.25, -0.2) is 8.42 Å². The minimum absolute atomic E-state index is 0.0212. The van der Waals surface area contributed by atoms with Gasteiger partial charge in [0.1, 0.15) is 5.60 Å². The Morgan fingerprint density at radius 2 is 1.86 bits per heavy atom. The monoisotopic (exact) mass is 309 g/mol. The zero-order chi connectivity index (χ0) is 15.3. The van der Waals surface area contributed by atoms with Crippen LogP contribution in [0.25, 0.3) is 0 Å². The van der Waals surface area contributed by atoms with Crippen LogP contribution in [-0.4, -0.2) is 49.3 Å². The average Bonchev–Trinajstić information content (AvgIpc) is 3.17. The quantitative estimate of drug-likeness (QED) is 0.894. The van der Waals surface area contributed by atoms with Gasteiger partial charge in [-0.15, -0.1) is 0 Å². The summed E-state index contributed by atoms with van der Waals surface area (Å²) in [6.45, 7) is 0.809. The molecule has 2 fully saturated rings. The molecule has 0 atom stereocenters. The van der Waals surface area contributed by atoms with Gasteiger partial charge >= 0.3 is 0 Å². The molecule has 0 unspecified atom stereocenters. The van der Waals surface area contributed by atoms with Crippen molar-refractivity contribution in [1.29, 1.82) is 0 Å². The second kappa shape index (κ2) is 4.81. The standard InChI is InChI=1S/C15H19NO4S/c1-21(19,20)8-11-2-4-12(5-3-11)14(17)16-9-15(18,10-16)13-6-7-13/h2-5,13,18H,6-10H2,1H3. The number of nitrogens with zero attached hydrogens (tertiary/aromatic N) is 1. The van der Waals surface area contributed by atoms with Crippen molar-refractivity contribution in [2.75, 3.05) is 19.3 Å². The SMILES string of the molecule is CS(=O)(=O)Cc1ccc(C(=O)N2CC(O)(C3CC3)C2)cc1. The second-order valence-corrected chi connectivity index (χ2v) is 8.45. The minimum Gasteiger partial charge on any atom is -0.386 e. The van der Waals surface area contributed by atoms with E-state index in [0.29, 0.717) is 30.1 Å². The number of carbonyl (C=O) groups is 1. The number of benzene rings is 1. The average molecular weight is 309 g/mol. The number of hydrogen-bond donors (Lipinski definition) is 1. The van der Waals surface area contributed by atoms with Crippen molar-refractivity contribution >= 4 is 15.7 Å². The minimum atomic E-state index is -3.07. The molecule has 6 heteroatoms. The molecule has 1 saturated carbocycles. The summed E-state index contributed by atoms with van der Waals surface area (Å²) in [5.74, 6) is 0.233. The van der Waals surface area contributed by atoms with E-state index in [2.05, 4.69) is 0 Å². The molecule has 3 rings (SSSR count). The zero-order valence-electron chi connectivity index (χ0n) is 11.9. The highest BCUT2D eigenvalue weighted by Crippen LogP contribution is 2.44. The first-order chi connectivity index (χ1) is 9.77. The van der Waals surface area contributed by atoms with Crippen LogP contribution in [0.4, 0.5) is 0 Å². The lowest BCUT2D eigenvalue weighted by atomic mass is 9.88. The molecule has 1 N–H and O–H groups in total. The van der Waals surface area contributed by atoms with E-state index in [-0.39, 0.29) is 11.7 Å². The van der Waals surface area contributed by atoms with Crippen LogP contribution in [0, 0.1) is 5.92 Å². The molecule has 1 heterocycles. The molecule has 1 aliphatic heterocycles. The molecule has 1 aromatic rings. The normalized spacial score (nSPS) is 21.0. The molecule has 2 aliphatic rings. The Bertz CT molecular complexity index is 655. The third-order valence-electron chi connectivity index (χ3n) is 4.18. The van der Waals surface area contributed by atoms with Crippen LogP contribution < -0.4 is 0 Å². The molecule has 1 saturated heterocycles. The molecule has 5 nitrogen and oxygen atoms in total. The number of β-amino-alcohol motifs (C(OH)–C–C–N with tert-alkyl or cyclic N) is 1. The predicted molar refractivity (Wildman–Crippen MR) is 78.6 cm³/mol. The number of carbonyl (C=O) groups excluding carboxylic acids is 1. The van der Waals surface area contributed by atoms with Crippen molar-refractivity contribution in [3.05, 3.63) is 35.4 Å². The third-order valence-corrected chi connectivity index (χ3v) is 5.04. The lowest BCUT2D eigenvalue weighted by molar-refractivity contribution is -0.0958. The smallest absolute Gasteiger partial charge is 0.254 e. The van der Waals surface area contributed by atoms with Crippen molar-refractivity contribution < 1.29 is 18.3 Å². The van der Waals surface area contributed by atoms with E-state index < -0.39 is 15.4 Å². The summed E-state index contributed by atoms with van der Waals surface area (Å²) in [6.07, 6.45) is 3.29. The van der Waals surface area contributed by atoms with E-state index >= 15 is 0 Å². The van der Waals surface area contributed by atoms with Gasteiger partial charge in [-0.2, -0.15) is 0 Å². The highest BCUT2D eigenvalue weighted by molar-refractivity contribution is 7.89. The molecular weight excluding hydrogens is 290 g/mol. The van der Waals surface area contributed by atoms with E-state index in [0.717, 1.165) is 12.8 Å². The van der Waals surface area contributed by atoms with E-state index in [4.69, 9.17) is 0 Å². The van der Waals surface area contributed by atoms with Crippen molar-refractivity contribution in [3.8, 4) is 0 Å². The Morgan fingerprint density at radius 1 is 1.29 bits per heavy atom. The Labute approximate surface area is 124 Å². The number of rotatable bonds is 4. The van der Waals surface area contributed by atoms with Crippen molar-refractivity contribution in [2.45, 2.75) is 24.2 Å². The maximum Gasteiger partial charge on any atom is 0.254 e. The fourth-order valence-electron chi connectivity index (χ4n) is 2.87. The number of sulfone groups is 1. The summed E-state index contributed by atoms with van der Waals surface area (Å²) in [6, 6.07) is 6.64. The molecule has 114 valence electrons. The summed E-state index contributed by atoms with van der Waals surface area (Å²) in [5.41, 5.74) is 0.531. The first-order valence-corrected chi connectivity index (χ1v) is 9.11. The molecular formula is C15H19NO4S. The molecule has 1 aliphatic carbocycles. The molecule has 1 amide bonds. The third kappa shape index (κ3) is 3.11. The second-order valence-electron chi connectivity index (χ2n) is 6.31. The number of amides is 1. The van der Waals surface area contributed by atoms with Crippen LogP contribution >= 0.6 is 0 Å². The van der Waals surface area contributed by atoms with Crippen LogP contribution in [0.1, 0.15) is 28.8 Å². The van der Waals surface area contributed by atoms with Gasteiger partial charge in [0.25, 0.3) is 5.91 Å². The number of hydrogen-bond acceptors (Lipinski definition) is 4. The lowest BCUT2D eigenvalue weighted by Gasteiger charge is -2.47. The van der Waals surface area contributed by atoms with E-state index in [1.54, 1.807) is 29.2 Å². The predicted octanol–water partition coefficient (Wildman–Crippen LogP) is 0.828. The van der Waals surface area contributed by atoms with Crippen LogP contribution in [0.3, 0.4) is 0 Å². The number of likely N-dealkylation sites (tertiary alicyclic amines) is 1. The molecule has 21 heavy (non-hydrogen) atoms. The number of aliphatic hydroxyl groups is 1. The fraction of sp³-hybridized carbons (Fsp3) is 0.533. The Balaban J connectivity index is 1.63.